The van der Waals surface area contributed by atoms with Crippen LogP contribution in [0.4, 0.5) is 4.79 Å². The number of aryl methyl sites for hydroxylation is 1. The highest BCUT2D eigenvalue weighted by Gasteiger charge is 2.27. The summed E-state index contributed by atoms with van der Waals surface area (Å²) < 4.78 is 0. The second kappa shape index (κ2) is 8.57. The Hall–Kier alpha value is -3.03. The highest BCUT2D eigenvalue weighted by atomic mass is 16.2. The number of carbonyl (C=O) groups is 2. The number of aromatic nitrogens is 1. The van der Waals surface area contributed by atoms with Crippen LogP contribution in [0.1, 0.15) is 18.1 Å². The van der Waals surface area contributed by atoms with Crippen molar-refractivity contribution in [1.82, 2.24) is 25.8 Å². The Labute approximate surface area is 158 Å². The maximum Gasteiger partial charge on any atom is 0.324 e. The second-order valence-corrected chi connectivity index (χ2v) is 6.45. The van der Waals surface area contributed by atoms with Gasteiger partial charge in [0.05, 0.1) is 6.54 Å². The van der Waals surface area contributed by atoms with Crippen LogP contribution in [0.5, 0.6) is 0 Å². The molecule has 0 saturated carbocycles. The standard InChI is InChI=1S/C19H26N6O2/c1-3-20-18(22-9-10-25-16(26)12-24-19(25)27)21-8-7-14-11-23-17-13(2)5-4-6-15(14)17/h4-6,11,23H,3,7-10,12H2,1-2H3,(H,24,27)(H2,20,21,22). The fourth-order valence-electron chi connectivity index (χ4n) is 3.17. The fraction of sp³-hybridized carbons (Fsp3) is 0.421. The molecule has 8 nitrogen and oxygen atoms in total. The van der Waals surface area contributed by atoms with Crippen molar-refractivity contribution in [2.24, 2.45) is 4.99 Å². The first-order valence-corrected chi connectivity index (χ1v) is 9.26. The van der Waals surface area contributed by atoms with Crippen LogP contribution in [0.2, 0.25) is 0 Å². The maximum absolute atomic E-state index is 11.6. The number of aromatic amines is 1. The number of nitrogens with one attached hydrogen (secondary N) is 4. The molecule has 2 heterocycles. The molecule has 1 fully saturated rings. The smallest absolute Gasteiger partial charge is 0.324 e. The minimum Gasteiger partial charge on any atom is -0.361 e. The summed E-state index contributed by atoms with van der Waals surface area (Å²) in [4.78, 5) is 32.3. The van der Waals surface area contributed by atoms with Gasteiger partial charge in [-0.3, -0.25) is 14.7 Å². The third-order valence-electron chi connectivity index (χ3n) is 4.57. The molecule has 0 bridgehead atoms. The largest absolute Gasteiger partial charge is 0.361 e. The van der Waals surface area contributed by atoms with E-state index in [1.807, 2.05) is 13.1 Å². The van der Waals surface area contributed by atoms with Gasteiger partial charge in [-0.15, -0.1) is 0 Å². The monoisotopic (exact) mass is 370 g/mol. The Balaban J connectivity index is 1.54. The van der Waals surface area contributed by atoms with Gasteiger partial charge in [0.25, 0.3) is 0 Å². The molecular formula is C19H26N6O2. The number of nitrogens with zero attached hydrogens (tertiary/aromatic N) is 2. The van der Waals surface area contributed by atoms with E-state index < -0.39 is 0 Å². The lowest BCUT2D eigenvalue weighted by Crippen LogP contribution is -2.43. The van der Waals surface area contributed by atoms with E-state index in [4.69, 9.17) is 0 Å². The Morgan fingerprint density at radius 2 is 2.15 bits per heavy atom. The van der Waals surface area contributed by atoms with Crippen molar-refractivity contribution in [3.05, 3.63) is 35.5 Å². The van der Waals surface area contributed by atoms with Crippen LogP contribution in [0, 0.1) is 6.92 Å². The normalized spacial score (nSPS) is 14.7. The molecule has 0 radical (unpaired) electrons. The predicted molar refractivity (Wildman–Crippen MR) is 106 cm³/mol. The van der Waals surface area contributed by atoms with Gasteiger partial charge in [0.15, 0.2) is 5.96 Å². The van der Waals surface area contributed by atoms with Crippen LogP contribution in [0.3, 0.4) is 0 Å². The lowest BCUT2D eigenvalue weighted by molar-refractivity contribution is -0.124. The summed E-state index contributed by atoms with van der Waals surface area (Å²) in [7, 11) is 0. The number of fused-ring (bicyclic) bond motifs is 1. The fourth-order valence-corrected chi connectivity index (χ4v) is 3.17. The molecule has 0 spiro atoms. The number of carbonyl (C=O) groups excluding carboxylic acids is 2. The van der Waals surface area contributed by atoms with E-state index in [2.05, 4.69) is 51.0 Å². The number of benzene rings is 1. The van der Waals surface area contributed by atoms with Gasteiger partial charge in [-0.05, 0) is 31.4 Å². The van der Waals surface area contributed by atoms with Crippen molar-refractivity contribution in [1.29, 1.82) is 0 Å². The first-order valence-electron chi connectivity index (χ1n) is 9.26. The lowest BCUT2D eigenvalue weighted by atomic mass is 10.1. The molecule has 27 heavy (non-hydrogen) atoms. The van der Waals surface area contributed by atoms with E-state index in [1.165, 1.54) is 26.9 Å². The van der Waals surface area contributed by atoms with Gasteiger partial charge in [-0.1, -0.05) is 18.2 Å². The van der Waals surface area contributed by atoms with Crippen LogP contribution in [-0.4, -0.2) is 60.5 Å². The third-order valence-corrected chi connectivity index (χ3v) is 4.57. The number of urea groups is 1. The highest BCUT2D eigenvalue weighted by molar-refractivity contribution is 6.02. The van der Waals surface area contributed by atoms with Crippen LogP contribution >= 0.6 is 0 Å². The summed E-state index contributed by atoms with van der Waals surface area (Å²) in [5.74, 6) is 0.485. The first-order chi connectivity index (χ1) is 13.1. The van der Waals surface area contributed by atoms with Crippen molar-refractivity contribution in [2.75, 3.05) is 32.7 Å². The molecule has 1 aliphatic rings. The number of guanidine groups is 1. The lowest BCUT2D eigenvalue weighted by Gasteiger charge is -2.15. The number of hydrogen-bond acceptors (Lipinski definition) is 3. The summed E-state index contributed by atoms with van der Waals surface area (Å²) in [5, 5.41) is 10.1. The highest BCUT2D eigenvalue weighted by Crippen LogP contribution is 2.21. The molecule has 4 N–H and O–H groups in total. The molecular weight excluding hydrogens is 344 g/mol. The van der Waals surface area contributed by atoms with Crippen molar-refractivity contribution in [3.63, 3.8) is 0 Å². The molecule has 1 aromatic heterocycles. The molecule has 0 aliphatic carbocycles. The SMILES string of the molecule is CCNC(=NCCc1c[nH]c2c(C)cccc12)NCCN1C(=O)CNC1=O. The zero-order valence-corrected chi connectivity index (χ0v) is 15.8. The molecule has 3 rings (SSSR count). The van der Waals surface area contributed by atoms with Gasteiger partial charge < -0.3 is 20.9 Å². The number of para-hydroxylation sites is 1. The predicted octanol–water partition coefficient (Wildman–Crippen LogP) is 1.13. The summed E-state index contributed by atoms with van der Waals surface area (Å²) in [6.07, 6.45) is 2.87. The number of hydrogen-bond donors (Lipinski definition) is 4. The molecule has 8 heteroatoms. The van der Waals surface area contributed by atoms with Crippen LogP contribution in [0.25, 0.3) is 10.9 Å². The summed E-state index contributed by atoms with van der Waals surface area (Å²) in [5.41, 5.74) is 3.65. The molecule has 1 saturated heterocycles. The number of imide groups is 1. The Morgan fingerprint density at radius 1 is 1.30 bits per heavy atom. The van der Waals surface area contributed by atoms with Gasteiger partial charge in [-0.25, -0.2) is 4.79 Å². The Bertz CT molecular complexity index is 841. The number of amides is 3. The van der Waals surface area contributed by atoms with Gasteiger partial charge >= 0.3 is 6.03 Å². The second-order valence-electron chi connectivity index (χ2n) is 6.45. The summed E-state index contributed by atoms with van der Waals surface area (Å²) >= 11 is 0. The molecule has 1 aliphatic heterocycles. The quantitative estimate of drug-likeness (QED) is 0.333. The number of aliphatic imine (C=N–C) groups is 1. The van der Waals surface area contributed by atoms with Gasteiger partial charge in [0.2, 0.25) is 5.91 Å². The van der Waals surface area contributed by atoms with Gasteiger partial charge in [-0.2, -0.15) is 0 Å². The molecule has 0 unspecified atom stereocenters. The van der Waals surface area contributed by atoms with E-state index in [9.17, 15) is 9.59 Å². The minimum absolute atomic E-state index is 0.0804. The van der Waals surface area contributed by atoms with Crippen LogP contribution in [0.15, 0.2) is 29.4 Å². The Kier molecular flexibility index (Phi) is 5.95. The van der Waals surface area contributed by atoms with E-state index in [1.54, 1.807) is 0 Å². The summed E-state index contributed by atoms with van der Waals surface area (Å²) in [6.45, 7) is 6.32. The molecule has 144 valence electrons. The topological polar surface area (TPSA) is 102 Å². The van der Waals surface area contributed by atoms with Crippen molar-refractivity contribution in [3.8, 4) is 0 Å². The van der Waals surface area contributed by atoms with Crippen molar-refractivity contribution >= 4 is 28.8 Å². The van der Waals surface area contributed by atoms with Gasteiger partial charge in [0.1, 0.15) is 0 Å². The Morgan fingerprint density at radius 3 is 2.89 bits per heavy atom. The molecule has 1 aromatic carbocycles. The van der Waals surface area contributed by atoms with Crippen molar-refractivity contribution < 1.29 is 9.59 Å². The zero-order chi connectivity index (χ0) is 19.2. The third kappa shape index (κ3) is 4.39. The van der Waals surface area contributed by atoms with Crippen molar-refractivity contribution in [2.45, 2.75) is 20.3 Å². The van der Waals surface area contributed by atoms with E-state index in [0.29, 0.717) is 25.6 Å². The van der Waals surface area contributed by atoms with Crippen LogP contribution in [-0.2, 0) is 11.2 Å². The molecule has 2 aromatic rings. The minimum atomic E-state index is -0.335. The van der Waals surface area contributed by atoms with E-state index in [-0.39, 0.29) is 18.5 Å². The average molecular weight is 370 g/mol. The average Bonchev–Trinajstić information content (AvgIpc) is 3.21. The maximum atomic E-state index is 11.6. The first kappa shape index (κ1) is 18.8. The number of rotatable bonds is 7. The van der Waals surface area contributed by atoms with Gasteiger partial charge in [0, 0.05) is 43.3 Å². The number of H-pyrrole nitrogens is 1. The van der Waals surface area contributed by atoms with Crippen LogP contribution < -0.4 is 16.0 Å². The van der Waals surface area contributed by atoms with E-state index >= 15 is 0 Å². The summed E-state index contributed by atoms with van der Waals surface area (Å²) in [6, 6.07) is 5.96. The molecule has 3 amide bonds. The molecule has 0 atom stereocenters. The zero-order valence-electron chi connectivity index (χ0n) is 15.8. The van der Waals surface area contributed by atoms with E-state index in [0.717, 1.165) is 13.0 Å².